The summed E-state index contributed by atoms with van der Waals surface area (Å²) < 4.78 is 15.8. The van der Waals surface area contributed by atoms with Crippen molar-refractivity contribution in [2.24, 2.45) is 17.1 Å². The van der Waals surface area contributed by atoms with Crippen LogP contribution >= 0.6 is 11.8 Å². The minimum absolute atomic E-state index is 0.0760. The lowest BCUT2D eigenvalue weighted by Gasteiger charge is -2.31. The molecule has 0 aliphatic carbocycles. The standard InChI is InChI=1S/C14H31NO5S/c1-5-14(3,13(17)18-4)9-20-10-19-6-7-21-8-11(2)12(15)16/h11-13,16-17H,5-10,15H2,1-4H3. The average Bonchev–Trinajstić information content (AvgIpc) is 2.48. The molecule has 0 amide bonds. The lowest BCUT2D eigenvalue weighted by molar-refractivity contribution is -0.185. The minimum atomic E-state index is -0.845. The van der Waals surface area contributed by atoms with E-state index in [1.54, 1.807) is 11.8 Å². The molecule has 0 bridgehead atoms. The highest BCUT2D eigenvalue weighted by Crippen LogP contribution is 2.26. The van der Waals surface area contributed by atoms with Gasteiger partial charge in [0.1, 0.15) is 13.0 Å². The molecule has 0 aliphatic heterocycles. The Balaban J connectivity index is 3.59. The topological polar surface area (TPSA) is 94.2 Å². The van der Waals surface area contributed by atoms with Crippen molar-refractivity contribution in [3.8, 4) is 0 Å². The van der Waals surface area contributed by atoms with Gasteiger partial charge in [0.05, 0.1) is 13.2 Å². The number of hydrogen-bond donors (Lipinski definition) is 3. The van der Waals surface area contributed by atoms with E-state index in [1.165, 1.54) is 7.11 Å². The summed E-state index contributed by atoms with van der Waals surface area (Å²) in [4.78, 5) is 0. The highest BCUT2D eigenvalue weighted by molar-refractivity contribution is 7.99. The molecule has 0 aromatic carbocycles. The fourth-order valence-electron chi connectivity index (χ4n) is 1.51. The first-order valence-corrected chi connectivity index (χ1v) is 8.40. The number of rotatable bonds is 13. The maximum Gasteiger partial charge on any atom is 0.161 e. The van der Waals surface area contributed by atoms with Gasteiger partial charge in [-0.2, -0.15) is 11.8 Å². The third-order valence-corrected chi connectivity index (χ3v) is 4.78. The molecule has 0 fully saturated rings. The lowest BCUT2D eigenvalue weighted by atomic mass is 9.88. The van der Waals surface area contributed by atoms with Crippen LogP contribution in [0.25, 0.3) is 0 Å². The molecule has 4 atom stereocenters. The smallest absolute Gasteiger partial charge is 0.161 e. The summed E-state index contributed by atoms with van der Waals surface area (Å²) >= 11 is 1.69. The van der Waals surface area contributed by atoms with Crippen molar-refractivity contribution in [2.75, 3.05) is 38.6 Å². The Labute approximate surface area is 132 Å². The molecule has 0 spiro atoms. The number of hydrogen-bond acceptors (Lipinski definition) is 7. The van der Waals surface area contributed by atoms with E-state index in [9.17, 15) is 5.11 Å². The number of nitrogens with two attached hydrogens (primary N) is 1. The van der Waals surface area contributed by atoms with Gasteiger partial charge in [-0.05, 0) is 12.2 Å². The minimum Gasteiger partial charge on any atom is -0.379 e. The third kappa shape index (κ3) is 8.97. The molecule has 4 N–H and O–H groups in total. The Hall–Kier alpha value is 0.110. The van der Waals surface area contributed by atoms with Crippen LogP contribution in [0.4, 0.5) is 0 Å². The Kier molecular flexibility index (Phi) is 11.7. The fraction of sp³-hybridized carbons (Fsp3) is 1.00. The van der Waals surface area contributed by atoms with Gasteiger partial charge in [0.15, 0.2) is 6.29 Å². The van der Waals surface area contributed by atoms with E-state index in [0.717, 1.165) is 17.9 Å². The van der Waals surface area contributed by atoms with Gasteiger partial charge < -0.3 is 30.2 Å². The van der Waals surface area contributed by atoms with E-state index in [-0.39, 0.29) is 12.7 Å². The van der Waals surface area contributed by atoms with Gasteiger partial charge in [0.25, 0.3) is 0 Å². The van der Waals surface area contributed by atoms with Crippen LogP contribution in [0.2, 0.25) is 0 Å². The maximum absolute atomic E-state index is 9.77. The van der Waals surface area contributed by atoms with Gasteiger partial charge in [-0.15, -0.1) is 0 Å². The van der Waals surface area contributed by atoms with E-state index >= 15 is 0 Å². The van der Waals surface area contributed by atoms with Crippen LogP contribution < -0.4 is 5.73 Å². The summed E-state index contributed by atoms with van der Waals surface area (Å²) in [5, 5.41) is 18.9. The maximum atomic E-state index is 9.77. The molecule has 4 unspecified atom stereocenters. The quantitative estimate of drug-likeness (QED) is 0.343. The number of aliphatic hydroxyl groups excluding tert-OH is 2. The van der Waals surface area contributed by atoms with E-state index in [2.05, 4.69) is 0 Å². The zero-order chi connectivity index (χ0) is 16.3. The lowest BCUT2D eigenvalue weighted by Crippen LogP contribution is -2.37. The van der Waals surface area contributed by atoms with Gasteiger partial charge in [-0.1, -0.05) is 20.8 Å². The molecule has 21 heavy (non-hydrogen) atoms. The summed E-state index contributed by atoms with van der Waals surface area (Å²) in [6.45, 7) is 6.96. The highest BCUT2D eigenvalue weighted by atomic mass is 32.2. The predicted molar refractivity (Wildman–Crippen MR) is 84.9 cm³/mol. The van der Waals surface area contributed by atoms with Crippen LogP contribution in [0.15, 0.2) is 0 Å². The van der Waals surface area contributed by atoms with Gasteiger partial charge >= 0.3 is 0 Å². The summed E-state index contributed by atoms with van der Waals surface area (Å²) in [5.41, 5.74) is 4.94. The van der Waals surface area contributed by atoms with Crippen molar-refractivity contribution < 1.29 is 24.4 Å². The van der Waals surface area contributed by atoms with E-state index in [4.69, 9.17) is 25.1 Å². The van der Waals surface area contributed by atoms with Crippen LogP contribution in [-0.4, -0.2) is 61.4 Å². The first kappa shape index (κ1) is 21.1. The SMILES string of the molecule is CCC(C)(COCOCCSCC(C)C(N)O)C(O)OC. The molecule has 0 aromatic heterocycles. The molecule has 0 saturated carbocycles. The van der Waals surface area contributed by atoms with Crippen LogP contribution in [-0.2, 0) is 14.2 Å². The highest BCUT2D eigenvalue weighted by Gasteiger charge is 2.31. The summed E-state index contributed by atoms with van der Waals surface area (Å²) in [6.07, 6.45) is -0.861. The van der Waals surface area contributed by atoms with E-state index in [1.807, 2.05) is 20.8 Å². The van der Waals surface area contributed by atoms with Gasteiger partial charge in [-0.25, -0.2) is 0 Å². The normalized spacial score (nSPS) is 19.0. The van der Waals surface area contributed by atoms with Crippen LogP contribution in [0, 0.1) is 11.3 Å². The van der Waals surface area contributed by atoms with Crippen molar-refractivity contribution in [1.82, 2.24) is 0 Å². The van der Waals surface area contributed by atoms with Crippen molar-refractivity contribution in [2.45, 2.75) is 39.7 Å². The molecule has 0 radical (unpaired) electrons. The second kappa shape index (κ2) is 11.6. The second-order valence-corrected chi connectivity index (χ2v) is 6.66. The monoisotopic (exact) mass is 325 g/mol. The molecule has 0 aromatic rings. The first-order chi connectivity index (χ1) is 9.87. The number of ether oxygens (including phenoxy) is 3. The van der Waals surface area contributed by atoms with Gasteiger partial charge in [0, 0.05) is 24.2 Å². The molecule has 128 valence electrons. The second-order valence-electron chi connectivity index (χ2n) is 5.51. The van der Waals surface area contributed by atoms with Crippen molar-refractivity contribution in [1.29, 1.82) is 0 Å². The largest absolute Gasteiger partial charge is 0.379 e. The zero-order valence-electron chi connectivity index (χ0n) is 13.6. The summed E-state index contributed by atoms with van der Waals surface area (Å²) in [6, 6.07) is 0. The Morgan fingerprint density at radius 2 is 1.95 bits per heavy atom. The van der Waals surface area contributed by atoms with Crippen LogP contribution in [0.1, 0.15) is 27.2 Å². The predicted octanol–water partition coefficient (Wildman–Crippen LogP) is 1.00. The van der Waals surface area contributed by atoms with Crippen molar-refractivity contribution in [3.63, 3.8) is 0 Å². The van der Waals surface area contributed by atoms with Crippen LogP contribution in [0.3, 0.4) is 0 Å². The molecule has 6 nitrogen and oxygen atoms in total. The average molecular weight is 325 g/mol. The zero-order valence-corrected chi connectivity index (χ0v) is 14.4. The number of thioether (sulfide) groups is 1. The molecule has 7 heteroatoms. The fourth-order valence-corrected chi connectivity index (χ4v) is 2.48. The molecular formula is C14H31NO5S. The van der Waals surface area contributed by atoms with Gasteiger partial charge in [-0.3, -0.25) is 0 Å². The molecular weight excluding hydrogens is 294 g/mol. The Morgan fingerprint density at radius 1 is 1.29 bits per heavy atom. The molecule has 0 saturated heterocycles. The first-order valence-electron chi connectivity index (χ1n) is 7.25. The summed E-state index contributed by atoms with van der Waals surface area (Å²) in [7, 11) is 1.48. The van der Waals surface area contributed by atoms with E-state index < -0.39 is 17.9 Å². The molecule has 0 heterocycles. The van der Waals surface area contributed by atoms with Crippen molar-refractivity contribution >= 4 is 11.8 Å². The molecule has 0 aliphatic rings. The van der Waals surface area contributed by atoms with Gasteiger partial charge in [0.2, 0.25) is 0 Å². The third-order valence-electron chi connectivity index (χ3n) is 3.56. The van der Waals surface area contributed by atoms with Crippen LogP contribution in [0.5, 0.6) is 0 Å². The Bertz CT molecular complexity index is 258. The van der Waals surface area contributed by atoms with Crippen molar-refractivity contribution in [3.05, 3.63) is 0 Å². The number of aliphatic hydroxyl groups is 2. The summed E-state index contributed by atoms with van der Waals surface area (Å²) in [5.74, 6) is 1.70. The van der Waals surface area contributed by atoms with E-state index in [0.29, 0.717) is 13.2 Å². The molecule has 0 rings (SSSR count). The Morgan fingerprint density at radius 3 is 2.48 bits per heavy atom. The number of methoxy groups -OCH3 is 1.